The molecule has 0 saturated heterocycles. The maximum atomic E-state index is 9.90. The fourth-order valence-corrected chi connectivity index (χ4v) is 2.72. The number of hydrogen-bond acceptors (Lipinski definition) is 3. The first kappa shape index (κ1) is 20.9. The first-order valence-electron chi connectivity index (χ1n) is 9.21. The van der Waals surface area contributed by atoms with Crippen LogP contribution >= 0.6 is 0 Å². The molecule has 0 fully saturated rings. The van der Waals surface area contributed by atoms with Gasteiger partial charge in [-0.25, -0.2) is 0 Å². The number of aliphatic hydroxyl groups is 3. The van der Waals surface area contributed by atoms with Crippen molar-refractivity contribution in [2.24, 2.45) is 0 Å². The molecule has 0 heterocycles. The van der Waals surface area contributed by atoms with Gasteiger partial charge in [0.25, 0.3) is 0 Å². The highest BCUT2D eigenvalue weighted by Crippen LogP contribution is 2.14. The van der Waals surface area contributed by atoms with Gasteiger partial charge in [-0.3, -0.25) is 0 Å². The molecular formula is C18H38O3. The average Bonchev–Trinajstić information content (AvgIpc) is 2.49. The van der Waals surface area contributed by atoms with Crippen LogP contribution < -0.4 is 0 Å². The molecule has 0 spiro atoms. The third-order valence-electron chi connectivity index (χ3n) is 4.14. The third-order valence-corrected chi connectivity index (χ3v) is 4.14. The van der Waals surface area contributed by atoms with E-state index in [0.29, 0.717) is 13.2 Å². The normalized spacial score (nSPS) is 12.7. The van der Waals surface area contributed by atoms with Crippen LogP contribution in [0.1, 0.15) is 96.3 Å². The molecule has 0 aromatic heterocycles. The minimum atomic E-state index is -0.100. The van der Waals surface area contributed by atoms with Crippen molar-refractivity contribution in [3.63, 3.8) is 0 Å². The van der Waals surface area contributed by atoms with Crippen LogP contribution in [-0.4, -0.2) is 34.6 Å². The Balaban J connectivity index is 3.11. The van der Waals surface area contributed by atoms with Crippen LogP contribution in [0, 0.1) is 0 Å². The van der Waals surface area contributed by atoms with E-state index in [-0.39, 0.29) is 6.10 Å². The van der Waals surface area contributed by atoms with Crippen LogP contribution in [0.15, 0.2) is 0 Å². The topological polar surface area (TPSA) is 60.7 Å². The van der Waals surface area contributed by atoms with E-state index in [1.165, 1.54) is 44.9 Å². The van der Waals surface area contributed by atoms with Gasteiger partial charge in [0.05, 0.1) is 6.10 Å². The van der Waals surface area contributed by atoms with Gasteiger partial charge >= 0.3 is 0 Å². The zero-order valence-electron chi connectivity index (χ0n) is 13.9. The molecule has 0 bridgehead atoms. The highest BCUT2D eigenvalue weighted by atomic mass is 16.3. The average molecular weight is 302 g/mol. The van der Waals surface area contributed by atoms with Crippen LogP contribution in [0.4, 0.5) is 0 Å². The maximum absolute atomic E-state index is 9.90. The standard InChI is InChI=1S/C18H38O3/c19-16-12-8-4-1-2-6-10-14-18(21)15-11-7-3-5-9-13-17-20/h18-21H,1-17H2. The Hall–Kier alpha value is -0.120. The fourth-order valence-electron chi connectivity index (χ4n) is 2.72. The van der Waals surface area contributed by atoms with Gasteiger partial charge in [0.2, 0.25) is 0 Å². The summed E-state index contributed by atoms with van der Waals surface area (Å²) < 4.78 is 0. The van der Waals surface area contributed by atoms with Crippen molar-refractivity contribution >= 4 is 0 Å². The lowest BCUT2D eigenvalue weighted by molar-refractivity contribution is 0.147. The molecule has 0 aliphatic carbocycles. The molecule has 128 valence electrons. The van der Waals surface area contributed by atoms with Crippen molar-refractivity contribution in [1.82, 2.24) is 0 Å². The van der Waals surface area contributed by atoms with Crippen LogP contribution in [0.25, 0.3) is 0 Å². The lowest BCUT2D eigenvalue weighted by Crippen LogP contribution is -2.05. The van der Waals surface area contributed by atoms with Crippen molar-refractivity contribution in [3.05, 3.63) is 0 Å². The molecule has 3 nitrogen and oxygen atoms in total. The molecule has 0 saturated carbocycles. The van der Waals surface area contributed by atoms with E-state index in [0.717, 1.165) is 51.4 Å². The maximum Gasteiger partial charge on any atom is 0.0540 e. The highest BCUT2D eigenvalue weighted by molar-refractivity contribution is 4.57. The SMILES string of the molecule is OCCCCCCCCCC(O)CCCCCCCCO. The smallest absolute Gasteiger partial charge is 0.0540 e. The van der Waals surface area contributed by atoms with Crippen molar-refractivity contribution in [1.29, 1.82) is 0 Å². The molecule has 3 N–H and O–H groups in total. The summed E-state index contributed by atoms with van der Waals surface area (Å²) >= 11 is 0. The van der Waals surface area contributed by atoms with E-state index in [1.54, 1.807) is 0 Å². The van der Waals surface area contributed by atoms with Crippen molar-refractivity contribution in [2.75, 3.05) is 13.2 Å². The molecule has 3 heteroatoms. The first-order chi connectivity index (χ1) is 10.3. The predicted molar refractivity (Wildman–Crippen MR) is 89.4 cm³/mol. The van der Waals surface area contributed by atoms with E-state index in [2.05, 4.69) is 0 Å². The number of unbranched alkanes of at least 4 members (excludes halogenated alkanes) is 11. The van der Waals surface area contributed by atoms with Crippen molar-refractivity contribution in [3.8, 4) is 0 Å². The van der Waals surface area contributed by atoms with Crippen molar-refractivity contribution in [2.45, 2.75) is 102 Å². The van der Waals surface area contributed by atoms with Gasteiger partial charge in [0, 0.05) is 13.2 Å². The zero-order valence-corrected chi connectivity index (χ0v) is 13.9. The summed E-state index contributed by atoms with van der Waals surface area (Å²) in [6.45, 7) is 0.647. The van der Waals surface area contributed by atoms with E-state index >= 15 is 0 Å². The summed E-state index contributed by atoms with van der Waals surface area (Å²) in [5.41, 5.74) is 0. The van der Waals surface area contributed by atoms with E-state index in [1.807, 2.05) is 0 Å². The summed E-state index contributed by atoms with van der Waals surface area (Å²) in [6.07, 6.45) is 16.9. The second kappa shape index (κ2) is 17.9. The number of hydrogen-bond donors (Lipinski definition) is 3. The Morgan fingerprint density at radius 3 is 1.05 bits per heavy atom. The van der Waals surface area contributed by atoms with E-state index in [9.17, 15) is 5.11 Å². The van der Waals surface area contributed by atoms with Gasteiger partial charge in [-0.05, 0) is 25.7 Å². The van der Waals surface area contributed by atoms with Crippen LogP contribution in [0.3, 0.4) is 0 Å². The largest absolute Gasteiger partial charge is 0.396 e. The number of rotatable bonds is 17. The van der Waals surface area contributed by atoms with Crippen LogP contribution in [0.2, 0.25) is 0 Å². The lowest BCUT2D eigenvalue weighted by atomic mass is 10.0. The summed E-state index contributed by atoms with van der Waals surface area (Å²) in [6, 6.07) is 0. The summed E-state index contributed by atoms with van der Waals surface area (Å²) in [5, 5.41) is 27.2. The van der Waals surface area contributed by atoms with Gasteiger partial charge in [-0.15, -0.1) is 0 Å². The third kappa shape index (κ3) is 17.8. The van der Waals surface area contributed by atoms with Gasteiger partial charge in [-0.1, -0.05) is 70.6 Å². The quantitative estimate of drug-likeness (QED) is 0.353. The molecule has 0 aromatic carbocycles. The monoisotopic (exact) mass is 302 g/mol. The summed E-state index contributed by atoms with van der Waals surface area (Å²) in [7, 11) is 0. The van der Waals surface area contributed by atoms with Crippen molar-refractivity contribution < 1.29 is 15.3 Å². The van der Waals surface area contributed by atoms with Gasteiger partial charge in [0.15, 0.2) is 0 Å². The Morgan fingerprint density at radius 2 is 0.714 bits per heavy atom. The zero-order chi connectivity index (χ0) is 15.6. The molecule has 0 aliphatic heterocycles. The van der Waals surface area contributed by atoms with E-state index < -0.39 is 0 Å². The molecule has 21 heavy (non-hydrogen) atoms. The molecule has 0 amide bonds. The Bertz CT molecular complexity index is 185. The Morgan fingerprint density at radius 1 is 0.429 bits per heavy atom. The minimum absolute atomic E-state index is 0.100. The lowest BCUT2D eigenvalue weighted by Gasteiger charge is -2.10. The molecule has 0 aliphatic rings. The molecule has 0 radical (unpaired) electrons. The molecule has 0 rings (SSSR count). The molecule has 1 unspecified atom stereocenters. The first-order valence-corrected chi connectivity index (χ1v) is 9.21. The summed E-state index contributed by atoms with van der Waals surface area (Å²) in [5.74, 6) is 0. The minimum Gasteiger partial charge on any atom is -0.396 e. The fraction of sp³-hybridized carbons (Fsp3) is 1.00. The van der Waals surface area contributed by atoms with E-state index in [4.69, 9.17) is 10.2 Å². The molecule has 0 aromatic rings. The van der Waals surface area contributed by atoms with Crippen LogP contribution in [0.5, 0.6) is 0 Å². The molecule has 1 atom stereocenters. The second-order valence-electron chi connectivity index (χ2n) is 6.27. The summed E-state index contributed by atoms with van der Waals surface area (Å²) in [4.78, 5) is 0. The van der Waals surface area contributed by atoms with Gasteiger partial charge in [0.1, 0.15) is 0 Å². The highest BCUT2D eigenvalue weighted by Gasteiger charge is 2.03. The Labute approximate surface area is 131 Å². The van der Waals surface area contributed by atoms with Gasteiger partial charge in [-0.2, -0.15) is 0 Å². The second-order valence-corrected chi connectivity index (χ2v) is 6.27. The predicted octanol–water partition coefficient (Wildman–Crippen LogP) is 4.18. The Kier molecular flexibility index (Phi) is 17.8. The van der Waals surface area contributed by atoms with Crippen LogP contribution in [-0.2, 0) is 0 Å². The van der Waals surface area contributed by atoms with Gasteiger partial charge < -0.3 is 15.3 Å². The molecular weight excluding hydrogens is 264 g/mol. The number of aliphatic hydroxyl groups excluding tert-OH is 3.